The van der Waals surface area contributed by atoms with Gasteiger partial charge in [-0.3, -0.25) is 9.88 Å². The van der Waals surface area contributed by atoms with Crippen LogP contribution >= 0.6 is 15.9 Å². The van der Waals surface area contributed by atoms with E-state index in [4.69, 9.17) is 5.73 Å². The Balaban J connectivity index is 1.99. The summed E-state index contributed by atoms with van der Waals surface area (Å²) in [5.74, 6) is 0.667. The molecule has 0 radical (unpaired) electrons. The molecule has 1 aliphatic rings. The lowest BCUT2D eigenvalue weighted by Crippen LogP contribution is -2.37. The molecule has 2 rings (SSSR count). The highest BCUT2D eigenvalue weighted by Gasteiger charge is 2.29. The molecule has 0 saturated heterocycles. The van der Waals surface area contributed by atoms with Crippen LogP contribution in [0.2, 0.25) is 0 Å². The van der Waals surface area contributed by atoms with Crippen LogP contribution in [0.15, 0.2) is 22.9 Å². The van der Waals surface area contributed by atoms with Crippen molar-refractivity contribution in [2.45, 2.75) is 31.8 Å². The second kappa shape index (κ2) is 5.94. The summed E-state index contributed by atoms with van der Waals surface area (Å²) in [6, 6.07) is 2.77. The maximum absolute atomic E-state index is 5.83. The Bertz CT molecular complexity index is 369. The second-order valence-corrected chi connectivity index (χ2v) is 5.84. The molecule has 2 unspecified atom stereocenters. The van der Waals surface area contributed by atoms with E-state index in [2.05, 4.69) is 38.9 Å². The number of aromatic nitrogens is 1. The molecule has 0 amide bonds. The summed E-state index contributed by atoms with van der Waals surface area (Å²) in [6.07, 6.45) is 7.63. The number of nitrogens with two attached hydrogens (primary N) is 1. The van der Waals surface area contributed by atoms with Gasteiger partial charge in [-0.05, 0) is 59.9 Å². The van der Waals surface area contributed by atoms with Crippen molar-refractivity contribution in [2.24, 2.45) is 11.7 Å². The number of pyridine rings is 1. The van der Waals surface area contributed by atoms with Gasteiger partial charge in [-0.25, -0.2) is 0 Å². The molecule has 2 atom stereocenters. The minimum atomic E-state index is 0.638. The standard InChI is InChI=1S/C13H20BrN3/c1-17(13-4-2-3-11(13)6-15)9-10-5-12(14)8-16-7-10/h5,7-8,11,13H,2-4,6,9,15H2,1H3. The fourth-order valence-corrected chi connectivity index (χ4v) is 3.23. The van der Waals surface area contributed by atoms with Crippen LogP contribution in [0, 0.1) is 5.92 Å². The van der Waals surface area contributed by atoms with Crippen LogP contribution in [-0.4, -0.2) is 29.5 Å². The smallest absolute Gasteiger partial charge is 0.0410 e. The molecule has 1 aromatic rings. The van der Waals surface area contributed by atoms with Gasteiger partial charge in [0.25, 0.3) is 0 Å². The third-order valence-corrected chi connectivity index (χ3v) is 4.12. The highest BCUT2D eigenvalue weighted by Crippen LogP contribution is 2.29. The van der Waals surface area contributed by atoms with Crippen molar-refractivity contribution in [2.75, 3.05) is 13.6 Å². The summed E-state index contributed by atoms with van der Waals surface area (Å²) in [5, 5.41) is 0. The van der Waals surface area contributed by atoms with Gasteiger partial charge in [0.05, 0.1) is 0 Å². The second-order valence-electron chi connectivity index (χ2n) is 4.92. The molecule has 17 heavy (non-hydrogen) atoms. The highest BCUT2D eigenvalue weighted by molar-refractivity contribution is 9.10. The van der Waals surface area contributed by atoms with Crippen LogP contribution in [0.4, 0.5) is 0 Å². The van der Waals surface area contributed by atoms with Crippen molar-refractivity contribution in [3.8, 4) is 0 Å². The van der Waals surface area contributed by atoms with Crippen LogP contribution in [0.25, 0.3) is 0 Å². The van der Waals surface area contributed by atoms with Crippen molar-refractivity contribution >= 4 is 15.9 Å². The number of hydrogen-bond donors (Lipinski definition) is 1. The van der Waals surface area contributed by atoms with E-state index in [0.717, 1.165) is 17.6 Å². The van der Waals surface area contributed by atoms with E-state index in [1.807, 2.05) is 12.4 Å². The average Bonchev–Trinajstić information content (AvgIpc) is 2.77. The Kier molecular flexibility index (Phi) is 4.54. The van der Waals surface area contributed by atoms with E-state index in [1.54, 1.807) is 0 Å². The first-order chi connectivity index (χ1) is 8.20. The summed E-state index contributed by atoms with van der Waals surface area (Å²) in [7, 11) is 2.19. The van der Waals surface area contributed by atoms with E-state index in [1.165, 1.54) is 24.8 Å². The third kappa shape index (κ3) is 3.27. The molecular weight excluding hydrogens is 278 g/mol. The van der Waals surface area contributed by atoms with E-state index in [0.29, 0.717) is 12.0 Å². The first kappa shape index (κ1) is 13.0. The summed E-state index contributed by atoms with van der Waals surface area (Å²) in [5.41, 5.74) is 7.09. The van der Waals surface area contributed by atoms with Gasteiger partial charge in [0.15, 0.2) is 0 Å². The molecule has 0 aliphatic heterocycles. The van der Waals surface area contributed by atoms with Crippen molar-refractivity contribution < 1.29 is 0 Å². The SMILES string of the molecule is CN(Cc1cncc(Br)c1)C1CCCC1CN. The Labute approximate surface area is 112 Å². The fourth-order valence-electron chi connectivity index (χ4n) is 2.82. The van der Waals surface area contributed by atoms with Crippen LogP contribution < -0.4 is 5.73 Å². The topological polar surface area (TPSA) is 42.2 Å². The molecule has 0 bridgehead atoms. The Hall–Kier alpha value is -0.450. The zero-order chi connectivity index (χ0) is 12.3. The summed E-state index contributed by atoms with van der Waals surface area (Å²) >= 11 is 3.46. The summed E-state index contributed by atoms with van der Waals surface area (Å²) in [6.45, 7) is 1.76. The van der Waals surface area contributed by atoms with Crippen LogP contribution in [0.1, 0.15) is 24.8 Å². The van der Waals surface area contributed by atoms with Crippen molar-refractivity contribution in [1.29, 1.82) is 0 Å². The van der Waals surface area contributed by atoms with Gasteiger partial charge in [-0.15, -0.1) is 0 Å². The van der Waals surface area contributed by atoms with Crippen molar-refractivity contribution in [3.05, 3.63) is 28.5 Å². The minimum Gasteiger partial charge on any atom is -0.330 e. The van der Waals surface area contributed by atoms with E-state index in [-0.39, 0.29) is 0 Å². The molecule has 1 saturated carbocycles. The quantitative estimate of drug-likeness (QED) is 0.928. The lowest BCUT2D eigenvalue weighted by molar-refractivity contribution is 0.192. The Morgan fingerprint density at radius 2 is 2.29 bits per heavy atom. The van der Waals surface area contributed by atoms with E-state index in [9.17, 15) is 0 Å². The first-order valence-corrected chi connectivity index (χ1v) is 6.99. The van der Waals surface area contributed by atoms with Crippen molar-refractivity contribution in [1.82, 2.24) is 9.88 Å². The minimum absolute atomic E-state index is 0.638. The predicted molar refractivity (Wildman–Crippen MR) is 73.6 cm³/mol. The maximum atomic E-state index is 5.83. The molecule has 4 heteroatoms. The molecule has 0 aromatic carbocycles. The first-order valence-electron chi connectivity index (χ1n) is 6.20. The lowest BCUT2D eigenvalue weighted by atomic mass is 10.0. The number of rotatable bonds is 4. The molecule has 3 nitrogen and oxygen atoms in total. The molecule has 1 aromatic heterocycles. The van der Waals surface area contributed by atoms with Gasteiger partial charge < -0.3 is 5.73 Å². The number of hydrogen-bond acceptors (Lipinski definition) is 3. The monoisotopic (exact) mass is 297 g/mol. The Morgan fingerprint density at radius 1 is 1.47 bits per heavy atom. The van der Waals surface area contributed by atoms with Gasteiger partial charge in [0.1, 0.15) is 0 Å². The summed E-state index contributed by atoms with van der Waals surface area (Å²) in [4.78, 5) is 6.63. The predicted octanol–water partition coefficient (Wildman–Crippen LogP) is 2.40. The molecule has 2 N–H and O–H groups in total. The molecule has 1 aliphatic carbocycles. The molecule has 0 spiro atoms. The maximum Gasteiger partial charge on any atom is 0.0410 e. The van der Waals surface area contributed by atoms with Crippen molar-refractivity contribution in [3.63, 3.8) is 0 Å². The molecule has 1 heterocycles. The average molecular weight is 298 g/mol. The van der Waals surface area contributed by atoms with Crippen LogP contribution in [0.3, 0.4) is 0 Å². The lowest BCUT2D eigenvalue weighted by Gasteiger charge is -2.29. The number of halogens is 1. The fraction of sp³-hybridized carbons (Fsp3) is 0.615. The highest BCUT2D eigenvalue weighted by atomic mass is 79.9. The zero-order valence-electron chi connectivity index (χ0n) is 10.3. The van der Waals surface area contributed by atoms with Gasteiger partial charge >= 0.3 is 0 Å². The molecule has 1 fully saturated rings. The van der Waals surface area contributed by atoms with Gasteiger partial charge in [-0.1, -0.05) is 6.42 Å². The molecule has 94 valence electrons. The van der Waals surface area contributed by atoms with E-state index >= 15 is 0 Å². The largest absolute Gasteiger partial charge is 0.330 e. The van der Waals surface area contributed by atoms with E-state index < -0.39 is 0 Å². The normalized spacial score (nSPS) is 24.5. The Morgan fingerprint density at radius 3 is 3.00 bits per heavy atom. The van der Waals surface area contributed by atoms with Crippen LogP contribution in [0.5, 0.6) is 0 Å². The molecular formula is C13H20BrN3. The number of nitrogens with zero attached hydrogens (tertiary/aromatic N) is 2. The van der Waals surface area contributed by atoms with Gasteiger partial charge in [0, 0.05) is 29.5 Å². The van der Waals surface area contributed by atoms with Crippen LogP contribution in [-0.2, 0) is 6.54 Å². The van der Waals surface area contributed by atoms with Gasteiger partial charge in [-0.2, -0.15) is 0 Å². The summed E-state index contributed by atoms with van der Waals surface area (Å²) < 4.78 is 1.05. The zero-order valence-corrected chi connectivity index (χ0v) is 11.9. The third-order valence-electron chi connectivity index (χ3n) is 3.68. The van der Waals surface area contributed by atoms with Gasteiger partial charge in [0.2, 0.25) is 0 Å².